The third-order valence-electron chi connectivity index (χ3n) is 6.10. The van der Waals surface area contributed by atoms with E-state index < -0.39 is 11.6 Å². The average Bonchev–Trinajstić information content (AvgIpc) is 3.13. The number of carboxylic acids is 1. The van der Waals surface area contributed by atoms with Crippen molar-refractivity contribution in [1.29, 1.82) is 0 Å². The Labute approximate surface area is 209 Å². The monoisotopic (exact) mass is 495 g/mol. The van der Waals surface area contributed by atoms with E-state index in [2.05, 4.69) is 0 Å². The number of fused-ring (bicyclic) bond motifs is 1. The van der Waals surface area contributed by atoms with Crippen molar-refractivity contribution in [3.63, 3.8) is 0 Å². The van der Waals surface area contributed by atoms with Crippen molar-refractivity contribution in [3.8, 4) is 5.75 Å². The largest absolute Gasteiger partial charge is 0.487 e. The highest BCUT2D eigenvalue weighted by molar-refractivity contribution is 6.30. The van der Waals surface area contributed by atoms with Crippen molar-refractivity contribution >= 4 is 23.5 Å². The van der Waals surface area contributed by atoms with Crippen LogP contribution < -0.4 is 4.74 Å². The topological polar surface area (TPSA) is 66.8 Å². The molecule has 0 saturated carbocycles. The van der Waals surface area contributed by atoms with Crippen LogP contribution in [0.15, 0.2) is 66.7 Å². The molecule has 0 aliphatic carbocycles. The number of benzene rings is 3. The standard InChI is InChI=1S/C28H27ClFNO4/c1-28(16-19-5-8-24(30)9-6-19)17-22-13-20(7-10-25(22)35-28)15-26(32)31(12-11-27(33)34)18-21-3-2-4-23(29)14-21/h2-10,13-14H,11-12,15-18H2,1H3,(H,33,34)/t28-/m1/s1. The summed E-state index contributed by atoms with van der Waals surface area (Å²) in [5.41, 5.74) is 3.24. The van der Waals surface area contributed by atoms with Gasteiger partial charge >= 0.3 is 5.97 Å². The van der Waals surface area contributed by atoms with Crippen LogP contribution in [0.1, 0.15) is 35.6 Å². The summed E-state index contributed by atoms with van der Waals surface area (Å²) in [5.74, 6) is -0.591. The fourth-order valence-electron chi connectivity index (χ4n) is 4.48. The Balaban J connectivity index is 1.45. The number of amides is 1. The van der Waals surface area contributed by atoms with Crippen LogP contribution in [0, 0.1) is 5.82 Å². The predicted molar refractivity (Wildman–Crippen MR) is 132 cm³/mol. The van der Waals surface area contributed by atoms with Gasteiger partial charge in [-0.3, -0.25) is 9.59 Å². The van der Waals surface area contributed by atoms with Crippen molar-refractivity contribution in [2.24, 2.45) is 0 Å². The fourth-order valence-corrected chi connectivity index (χ4v) is 4.70. The summed E-state index contributed by atoms with van der Waals surface area (Å²) in [6.45, 7) is 2.43. The van der Waals surface area contributed by atoms with Crippen molar-refractivity contribution in [1.82, 2.24) is 4.90 Å². The number of hydrogen-bond acceptors (Lipinski definition) is 3. The van der Waals surface area contributed by atoms with Gasteiger partial charge in [0.2, 0.25) is 5.91 Å². The Hall–Kier alpha value is -3.38. The van der Waals surface area contributed by atoms with Gasteiger partial charge in [0.05, 0.1) is 12.8 Å². The third kappa shape index (κ3) is 6.61. The van der Waals surface area contributed by atoms with Crippen LogP contribution in [0.4, 0.5) is 4.39 Å². The summed E-state index contributed by atoms with van der Waals surface area (Å²) < 4.78 is 19.5. The minimum Gasteiger partial charge on any atom is -0.487 e. The van der Waals surface area contributed by atoms with E-state index >= 15 is 0 Å². The molecule has 4 rings (SSSR count). The minimum atomic E-state index is -0.955. The maximum Gasteiger partial charge on any atom is 0.305 e. The van der Waals surface area contributed by atoms with Gasteiger partial charge in [-0.25, -0.2) is 4.39 Å². The molecular weight excluding hydrogens is 469 g/mol. The van der Waals surface area contributed by atoms with E-state index in [4.69, 9.17) is 21.4 Å². The van der Waals surface area contributed by atoms with Gasteiger partial charge in [0.15, 0.2) is 0 Å². The van der Waals surface area contributed by atoms with Gasteiger partial charge in [-0.2, -0.15) is 0 Å². The number of rotatable bonds is 9. The first-order chi connectivity index (χ1) is 16.7. The maximum absolute atomic E-state index is 13.2. The predicted octanol–water partition coefficient (Wildman–Crippen LogP) is 5.46. The molecule has 3 aromatic carbocycles. The zero-order valence-electron chi connectivity index (χ0n) is 19.5. The van der Waals surface area contributed by atoms with Crippen molar-refractivity contribution in [2.45, 2.75) is 44.8 Å². The first-order valence-electron chi connectivity index (χ1n) is 11.5. The zero-order valence-corrected chi connectivity index (χ0v) is 20.2. The zero-order chi connectivity index (χ0) is 25.0. The molecule has 1 aliphatic rings. The second-order valence-corrected chi connectivity index (χ2v) is 9.68. The normalized spacial score (nSPS) is 16.4. The SMILES string of the molecule is C[C@@]1(Cc2ccc(F)cc2)Cc2cc(CC(=O)N(CCC(=O)O)Cc3cccc(Cl)c3)ccc2O1. The molecule has 1 N–H and O–H groups in total. The van der Waals surface area contributed by atoms with E-state index in [9.17, 15) is 14.0 Å². The molecule has 1 amide bonds. The Kier molecular flexibility index (Phi) is 7.41. The van der Waals surface area contributed by atoms with E-state index in [1.54, 1.807) is 35.2 Å². The molecule has 0 aromatic heterocycles. The van der Waals surface area contributed by atoms with Gasteiger partial charge in [0.25, 0.3) is 0 Å². The lowest BCUT2D eigenvalue weighted by Crippen LogP contribution is -2.33. The summed E-state index contributed by atoms with van der Waals surface area (Å²) in [7, 11) is 0. The summed E-state index contributed by atoms with van der Waals surface area (Å²) in [4.78, 5) is 25.8. The van der Waals surface area contributed by atoms with Gasteiger partial charge in [-0.05, 0) is 59.5 Å². The molecule has 0 spiro atoms. The second-order valence-electron chi connectivity index (χ2n) is 9.24. The quantitative estimate of drug-likeness (QED) is 0.428. The Bertz CT molecular complexity index is 1230. The lowest BCUT2D eigenvalue weighted by Gasteiger charge is -2.24. The summed E-state index contributed by atoms with van der Waals surface area (Å²) in [5, 5.41) is 9.69. The summed E-state index contributed by atoms with van der Waals surface area (Å²) in [6.07, 6.45) is 1.33. The smallest absolute Gasteiger partial charge is 0.305 e. The van der Waals surface area contributed by atoms with Crippen LogP contribution in [0.2, 0.25) is 5.02 Å². The molecule has 7 heteroatoms. The summed E-state index contributed by atoms with van der Waals surface area (Å²) in [6, 6.07) is 19.4. The molecule has 0 unspecified atom stereocenters. The van der Waals surface area contributed by atoms with Crippen LogP contribution in [0.5, 0.6) is 5.75 Å². The first-order valence-corrected chi connectivity index (χ1v) is 11.9. The molecule has 0 fully saturated rings. The van der Waals surface area contributed by atoms with Gasteiger partial charge < -0.3 is 14.7 Å². The highest BCUT2D eigenvalue weighted by atomic mass is 35.5. The van der Waals surface area contributed by atoms with Crippen LogP contribution >= 0.6 is 11.6 Å². The van der Waals surface area contributed by atoms with Gasteiger partial charge in [0.1, 0.15) is 17.2 Å². The molecule has 3 aromatic rings. The Morgan fingerprint density at radius 2 is 1.80 bits per heavy atom. The highest BCUT2D eigenvalue weighted by Gasteiger charge is 2.35. The van der Waals surface area contributed by atoms with E-state index in [1.807, 2.05) is 31.2 Å². The summed E-state index contributed by atoms with van der Waals surface area (Å²) >= 11 is 6.07. The number of halogens is 2. The van der Waals surface area contributed by atoms with Crippen LogP contribution in [-0.2, 0) is 35.4 Å². The number of carbonyl (C=O) groups is 2. The number of carbonyl (C=O) groups excluding carboxylic acids is 1. The Morgan fingerprint density at radius 1 is 1.06 bits per heavy atom. The lowest BCUT2D eigenvalue weighted by molar-refractivity contribution is -0.138. The Morgan fingerprint density at radius 3 is 2.51 bits per heavy atom. The first kappa shape index (κ1) is 24.7. The van der Waals surface area contributed by atoms with Crippen LogP contribution in [0.25, 0.3) is 0 Å². The molecule has 1 aliphatic heterocycles. The number of aliphatic carboxylic acids is 1. The molecule has 0 saturated heterocycles. The van der Waals surface area contributed by atoms with Crippen LogP contribution in [-0.4, -0.2) is 34.0 Å². The fraction of sp³-hybridized carbons (Fsp3) is 0.286. The van der Waals surface area contributed by atoms with Gasteiger partial charge in [0, 0.05) is 31.0 Å². The molecule has 1 atom stereocenters. The minimum absolute atomic E-state index is 0.116. The van der Waals surface area contributed by atoms with Crippen molar-refractivity contribution < 1.29 is 23.8 Å². The third-order valence-corrected chi connectivity index (χ3v) is 6.34. The van der Waals surface area contributed by atoms with E-state index in [-0.39, 0.29) is 37.7 Å². The lowest BCUT2D eigenvalue weighted by atomic mass is 9.91. The molecule has 0 bridgehead atoms. The number of carboxylic acid groups (broad SMARTS) is 1. The van der Waals surface area contributed by atoms with Gasteiger partial charge in [-0.15, -0.1) is 0 Å². The molecule has 0 radical (unpaired) electrons. The number of ether oxygens (including phenoxy) is 1. The highest BCUT2D eigenvalue weighted by Crippen LogP contribution is 2.37. The molecule has 5 nitrogen and oxygen atoms in total. The number of nitrogens with zero attached hydrogens (tertiary/aromatic N) is 1. The average molecular weight is 496 g/mol. The van der Waals surface area contributed by atoms with Gasteiger partial charge in [-0.1, -0.05) is 48.0 Å². The molecule has 35 heavy (non-hydrogen) atoms. The van der Waals surface area contributed by atoms with E-state index in [0.717, 1.165) is 28.0 Å². The number of hydrogen-bond donors (Lipinski definition) is 1. The van der Waals surface area contributed by atoms with Crippen molar-refractivity contribution in [3.05, 3.63) is 99.8 Å². The molecule has 182 valence electrons. The molecule has 1 heterocycles. The van der Waals surface area contributed by atoms with Crippen LogP contribution in [0.3, 0.4) is 0 Å². The molecular formula is C28H27ClFNO4. The maximum atomic E-state index is 13.2. The van der Waals surface area contributed by atoms with E-state index in [0.29, 0.717) is 17.9 Å². The second kappa shape index (κ2) is 10.5. The van der Waals surface area contributed by atoms with E-state index in [1.165, 1.54) is 12.1 Å². The van der Waals surface area contributed by atoms with Crippen molar-refractivity contribution in [2.75, 3.05) is 6.54 Å².